The fraction of sp³-hybridized carbons (Fsp3) is 0.808. The third-order valence-electron chi connectivity index (χ3n) is 16.0. The van der Waals surface area contributed by atoms with Gasteiger partial charge in [-0.2, -0.15) is 38.5 Å². The highest BCUT2D eigenvalue weighted by atomic mass is 32.2. The largest absolute Gasteiger partial charge is 0.356 e. The minimum absolute atomic E-state index is 0.0230. The lowest BCUT2D eigenvalue weighted by Crippen LogP contribution is -2.47. The smallest absolute Gasteiger partial charge is 0.315 e. The van der Waals surface area contributed by atoms with E-state index in [1.54, 1.807) is 6.92 Å². The molecule has 0 spiro atoms. The lowest BCUT2D eigenvalue weighted by Gasteiger charge is -2.36. The van der Waals surface area contributed by atoms with Crippen LogP contribution in [0, 0.1) is 0 Å². The summed E-state index contributed by atoms with van der Waals surface area (Å²) in [6, 6.07) is 0.981. The molecule has 0 aromatic carbocycles. The number of amides is 9. The number of carbonyl (C=O) groups excluding carboxylic acids is 7. The molecule has 24 heteroatoms. The highest BCUT2D eigenvalue weighted by molar-refractivity contribution is 8.00. The summed E-state index contributed by atoms with van der Waals surface area (Å²) in [6.07, 6.45) is 17.2. The van der Waals surface area contributed by atoms with Gasteiger partial charge in [-0.05, 0) is 89.9 Å². The molecule has 0 bridgehead atoms. The van der Waals surface area contributed by atoms with Crippen molar-refractivity contribution in [3.05, 3.63) is 0 Å². The van der Waals surface area contributed by atoms with E-state index in [1.165, 1.54) is 0 Å². The van der Waals surface area contributed by atoms with Crippen LogP contribution in [0.4, 0.5) is 27.4 Å². The van der Waals surface area contributed by atoms with Gasteiger partial charge in [0.15, 0.2) is 0 Å². The van der Waals surface area contributed by atoms with E-state index in [4.69, 9.17) is 15.0 Å². The van der Waals surface area contributed by atoms with E-state index in [0.29, 0.717) is 106 Å². The van der Waals surface area contributed by atoms with E-state index in [2.05, 4.69) is 62.6 Å². The van der Waals surface area contributed by atoms with Crippen molar-refractivity contribution in [2.24, 2.45) is 0 Å². The van der Waals surface area contributed by atoms with Crippen molar-refractivity contribution >= 4 is 83.0 Å². The molecule has 6 atom stereocenters. The zero-order valence-electron chi connectivity index (χ0n) is 44.7. The molecule has 1 aromatic heterocycles. The Kier molecular flexibility index (Phi) is 21.9. The molecule has 0 aliphatic carbocycles. The number of anilines is 3. The Balaban J connectivity index is 0.689. The van der Waals surface area contributed by atoms with Crippen LogP contribution in [0.15, 0.2) is 0 Å². The standard InChI is InChI=1S/C52H85N15O7S2/c1-34(68)55-35-18-26-65(27-19-35)48-62-49(66-28-20-36(21-29-66)56-44(71)16-4-2-10-24-53-42(69)14-8-6-12-40-46-38(32-75-40)58-51(73)60-46)64-50(63-48)67-30-22-37(23-31-67)57-45(72)17-5-3-11-25-54-43(70)15-9-7-13-41-47-39(33-76-41)59-52(74)61-47/h35-41,46-47H,2-33H2,1H3,(H,53,69)(H,54,70)(H,55,68)(H,56,71)(H,57,72)(H2,58,60,73)(H2,59,61,74). The number of fused-ring (bicyclic) bond motifs is 2. The fourth-order valence-electron chi connectivity index (χ4n) is 11.7. The number of thioether (sulfide) groups is 2. The Morgan fingerprint density at radius 2 is 0.829 bits per heavy atom. The first-order valence-corrected chi connectivity index (χ1v) is 30.8. The molecule has 9 amide bonds. The Hall–Kier alpha value is -5.00. The number of nitrogens with one attached hydrogen (secondary N) is 9. The van der Waals surface area contributed by atoms with Crippen LogP contribution in [0.5, 0.6) is 0 Å². The number of rotatable bonds is 28. The van der Waals surface area contributed by atoms with Crippen LogP contribution in [0.3, 0.4) is 0 Å². The van der Waals surface area contributed by atoms with Crippen LogP contribution >= 0.6 is 23.5 Å². The topological polar surface area (TPSA) is 276 Å². The minimum Gasteiger partial charge on any atom is -0.356 e. The SMILES string of the molecule is CC(=O)NC1CCN(c2nc(N3CCC(NC(=O)CCCCCNC(=O)CCCCC4SCC5NC(=O)NC54)CC3)nc(N3CCC(NC(=O)CCCCCNC(=O)CCCCC4SCC5NC(=O)NC54)CC3)n2)CC1. The normalized spacial score (nSPS) is 24.7. The third-order valence-corrected chi connectivity index (χ3v) is 19.1. The Morgan fingerprint density at radius 3 is 1.21 bits per heavy atom. The van der Waals surface area contributed by atoms with Crippen molar-refractivity contribution in [1.82, 2.24) is 62.8 Å². The van der Waals surface area contributed by atoms with E-state index < -0.39 is 0 Å². The van der Waals surface area contributed by atoms with Gasteiger partial charge in [0, 0.05) is 125 Å². The van der Waals surface area contributed by atoms with Crippen LogP contribution in [0.1, 0.15) is 148 Å². The molecule has 76 heavy (non-hydrogen) atoms. The van der Waals surface area contributed by atoms with Gasteiger partial charge in [-0.15, -0.1) is 0 Å². The number of hydrogen-bond donors (Lipinski definition) is 9. The first-order chi connectivity index (χ1) is 36.9. The maximum atomic E-state index is 13.0. The van der Waals surface area contributed by atoms with Crippen molar-refractivity contribution in [3.8, 4) is 0 Å². The number of urea groups is 2. The average Bonchev–Trinajstić information content (AvgIpc) is 4.18. The van der Waals surface area contributed by atoms with Crippen molar-refractivity contribution in [2.75, 3.05) is 78.6 Å². The maximum Gasteiger partial charge on any atom is 0.315 e. The van der Waals surface area contributed by atoms with Crippen molar-refractivity contribution in [1.29, 1.82) is 0 Å². The van der Waals surface area contributed by atoms with E-state index >= 15 is 0 Å². The summed E-state index contributed by atoms with van der Waals surface area (Å²) in [5, 5.41) is 28.5. The van der Waals surface area contributed by atoms with Gasteiger partial charge in [0.1, 0.15) is 0 Å². The number of carbonyl (C=O) groups is 7. The molecule has 7 aliphatic heterocycles. The van der Waals surface area contributed by atoms with Crippen molar-refractivity contribution in [3.63, 3.8) is 0 Å². The number of unbranched alkanes of at least 4 members (excludes halogenated alkanes) is 6. The Bertz CT molecular complexity index is 2000. The summed E-state index contributed by atoms with van der Waals surface area (Å²) in [4.78, 5) is 107. The maximum absolute atomic E-state index is 13.0. The van der Waals surface area contributed by atoms with Gasteiger partial charge >= 0.3 is 12.1 Å². The number of piperidine rings is 3. The van der Waals surface area contributed by atoms with Gasteiger partial charge in [0.05, 0.1) is 24.2 Å². The highest BCUT2D eigenvalue weighted by Crippen LogP contribution is 2.34. The Morgan fingerprint density at radius 1 is 0.474 bits per heavy atom. The van der Waals surface area contributed by atoms with Crippen LogP contribution in [-0.4, -0.2) is 173 Å². The second kappa shape index (κ2) is 29.1. The lowest BCUT2D eigenvalue weighted by molar-refractivity contribution is -0.122. The lowest BCUT2D eigenvalue weighted by atomic mass is 10.0. The zero-order chi connectivity index (χ0) is 53.2. The molecule has 422 valence electrons. The molecular formula is C52H85N15O7S2. The van der Waals surface area contributed by atoms with E-state index in [9.17, 15) is 33.6 Å². The number of aromatic nitrogens is 3. The van der Waals surface area contributed by atoms with Crippen LogP contribution in [0.25, 0.3) is 0 Å². The van der Waals surface area contributed by atoms with Crippen LogP contribution < -0.4 is 62.6 Å². The summed E-state index contributed by atoms with van der Waals surface area (Å²) in [5.74, 6) is 4.02. The number of nitrogens with zero attached hydrogens (tertiary/aromatic N) is 6. The molecule has 1 aromatic rings. The predicted molar refractivity (Wildman–Crippen MR) is 297 cm³/mol. The fourth-order valence-corrected chi connectivity index (χ4v) is 14.8. The molecule has 0 saturated carbocycles. The van der Waals surface area contributed by atoms with Crippen LogP contribution in [0.2, 0.25) is 0 Å². The second-order valence-corrected chi connectivity index (χ2v) is 24.5. The predicted octanol–water partition coefficient (Wildman–Crippen LogP) is 2.95. The van der Waals surface area contributed by atoms with Crippen molar-refractivity contribution in [2.45, 2.75) is 201 Å². The Labute approximate surface area is 457 Å². The molecule has 7 aliphatic rings. The minimum atomic E-state index is -0.0681. The first kappa shape index (κ1) is 57.2. The summed E-state index contributed by atoms with van der Waals surface area (Å²) in [6.45, 7) is 6.99. The summed E-state index contributed by atoms with van der Waals surface area (Å²) in [5.41, 5.74) is 0. The summed E-state index contributed by atoms with van der Waals surface area (Å²) in [7, 11) is 0. The molecule has 0 radical (unpaired) electrons. The third kappa shape index (κ3) is 17.5. The van der Waals surface area contributed by atoms with Gasteiger partial charge in [0.25, 0.3) is 0 Å². The average molecular weight is 1100 g/mol. The molecule has 8 heterocycles. The van der Waals surface area contributed by atoms with Gasteiger partial charge < -0.3 is 62.6 Å². The van der Waals surface area contributed by atoms with Crippen LogP contribution in [-0.2, 0) is 24.0 Å². The summed E-state index contributed by atoms with van der Waals surface area (Å²) < 4.78 is 0. The van der Waals surface area contributed by atoms with Gasteiger partial charge in [-0.3, -0.25) is 24.0 Å². The van der Waals surface area contributed by atoms with Gasteiger partial charge in [-0.1, -0.05) is 25.7 Å². The monoisotopic (exact) mass is 1100 g/mol. The van der Waals surface area contributed by atoms with Gasteiger partial charge in [0.2, 0.25) is 47.4 Å². The molecule has 22 nitrogen and oxygen atoms in total. The quantitative estimate of drug-likeness (QED) is 0.0431. The first-order valence-electron chi connectivity index (χ1n) is 28.7. The zero-order valence-corrected chi connectivity index (χ0v) is 46.3. The van der Waals surface area contributed by atoms with E-state index in [-0.39, 0.29) is 83.9 Å². The van der Waals surface area contributed by atoms with Crippen molar-refractivity contribution < 1.29 is 33.6 Å². The molecule has 7 fully saturated rings. The molecule has 8 rings (SSSR count). The van der Waals surface area contributed by atoms with E-state index in [0.717, 1.165) is 127 Å². The van der Waals surface area contributed by atoms with E-state index in [1.807, 2.05) is 23.5 Å². The van der Waals surface area contributed by atoms with Gasteiger partial charge in [-0.25, -0.2) is 9.59 Å². The molecule has 9 N–H and O–H groups in total. The molecule has 7 saturated heterocycles. The molecule has 6 unspecified atom stereocenters. The second-order valence-electron chi connectivity index (χ2n) is 21.9. The molecular weight excluding hydrogens is 1010 g/mol. The number of hydrogen-bond acceptors (Lipinski definition) is 15. The summed E-state index contributed by atoms with van der Waals surface area (Å²) >= 11 is 3.80. The highest BCUT2D eigenvalue weighted by Gasteiger charge is 2.43.